The summed E-state index contributed by atoms with van der Waals surface area (Å²) < 4.78 is 5.39. The van der Waals surface area contributed by atoms with Gasteiger partial charge in [-0.1, -0.05) is 19.1 Å². The number of piperazine rings is 1. The highest BCUT2D eigenvalue weighted by Gasteiger charge is 2.23. The summed E-state index contributed by atoms with van der Waals surface area (Å²) in [5, 5.41) is 0.967. The number of hydrogen-bond acceptors (Lipinski definition) is 6. The maximum Gasteiger partial charge on any atom is 0.336 e. The fourth-order valence-corrected chi connectivity index (χ4v) is 3.55. The Hall–Kier alpha value is -3.06. The molecule has 3 aromatic rings. The normalized spacial score (nSPS) is 15.1. The number of amides is 1. The highest BCUT2D eigenvalue weighted by atomic mass is 16.4. The van der Waals surface area contributed by atoms with Crippen molar-refractivity contribution in [2.45, 2.75) is 19.9 Å². The van der Waals surface area contributed by atoms with Gasteiger partial charge < -0.3 is 9.32 Å². The van der Waals surface area contributed by atoms with Crippen molar-refractivity contribution < 1.29 is 9.21 Å². The molecule has 0 aliphatic carbocycles. The fourth-order valence-electron chi connectivity index (χ4n) is 3.55. The first-order valence-electron chi connectivity index (χ1n) is 9.47. The molecule has 4 rings (SSSR count). The van der Waals surface area contributed by atoms with Gasteiger partial charge in [-0.2, -0.15) is 0 Å². The first-order chi connectivity index (χ1) is 13.6. The van der Waals surface area contributed by atoms with E-state index in [1.807, 2.05) is 12.1 Å². The van der Waals surface area contributed by atoms with Crippen LogP contribution in [0.1, 0.15) is 28.5 Å². The molecular weight excluding hydrogens is 356 g/mol. The average molecular weight is 378 g/mol. The number of rotatable bonds is 4. The summed E-state index contributed by atoms with van der Waals surface area (Å²) >= 11 is 0. The first-order valence-corrected chi connectivity index (χ1v) is 9.47. The van der Waals surface area contributed by atoms with E-state index in [1.165, 1.54) is 12.4 Å². The van der Waals surface area contributed by atoms with Crippen LogP contribution in [0.15, 0.2) is 52.1 Å². The Kier molecular flexibility index (Phi) is 5.16. The number of nitrogens with zero attached hydrogens (tertiary/aromatic N) is 4. The summed E-state index contributed by atoms with van der Waals surface area (Å²) in [6, 6.07) is 7.62. The van der Waals surface area contributed by atoms with Crippen molar-refractivity contribution in [3.05, 3.63) is 70.1 Å². The summed E-state index contributed by atoms with van der Waals surface area (Å²) in [7, 11) is 0. The second-order valence-corrected chi connectivity index (χ2v) is 6.93. The molecule has 0 saturated carbocycles. The third-order valence-corrected chi connectivity index (χ3v) is 5.14. The number of aromatic nitrogens is 2. The van der Waals surface area contributed by atoms with Gasteiger partial charge in [-0.15, -0.1) is 0 Å². The third-order valence-electron chi connectivity index (χ3n) is 5.14. The quantitative estimate of drug-likeness (QED) is 0.647. The average Bonchev–Trinajstić information content (AvgIpc) is 2.74. The Morgan fingerprint density at radius 3 is 2.68 bits per heavy atom. The van der Waals surface area contributed by atoms with E-state index >= 15 is 0 Å². The summed E-state index contributed by atoms with van der Waals surface area (Å²) in [6.45, 7) is 5.44. The highest BCUT2D eigenvalue weighted by molar-refractivity contribution is 5.92. The Labute approximate surface area is 162 Å². The lowest BCUT2D eigenvalue weighted by molar-refractivity contribution is 0.0622. The summed E-state index contributed by atoms with van der Waals surface area (Å²) in [5.74, 6) is -0.0920. The summed E-state index contributed by atoms with van der Waals surface area (Å²) in [5.41, 5.74) is 2.78. The van der Waals surface area contributed by atoms with Gasteiger partial charge in [-0.3, -0.25) is 14.7 Å². The van der Waals surface area contributed by atoms with Crippen LogP contribution in [0.25, 0.3) is 11.0 Å². The molecule has 7 nitrogen and oxygen atoms in total. The highest BCUT2D eigenvalue weighted by Crippen LogP contribution is 2.21. The number of hydrogen-bond donors (Lipinski definition) is 0. The van der Waals surface area contributed by atoms with Crippen molar-refractivity contribution >= 4 is 16.9 Å². The van der Waals surface area contributed by atoms with Crippen LogP contribution in [-0.2, 0) is 13.0 Å². The van der Waals surface area contributed by atoms with Crippen LogP contribution >= 0.6 is 0 Å². The van der Waals surface area contributed by atoms with Crippen molar-refractivity contribution in [2.24, 2.45) is 0 Å². The molecule has 2 aromatic heterocycles. The van der Waals surface area contributed by atoms with Crippen LogP contribution in [-0.4, -0.2) is 51.9 Å². The van der Waals surface area contributed by atoms with Gasteiger partial charge in [0.15, 0.2) is 0 Å². The fraction of sp³-hybridized carbons (Fsp3) is 0.333. The lowest BCUT2D eigenvalue weighted by Gasteiger charge is -2.34. The topological polar surface area (TPSA) is 79.5 Å². The SMILES string of the molecule is CCc1ccc2c(CN3CCN(C(=O)c4cnccn4)CC3)cc(=O)oc2c1. The lowest BCUT2D eigenvalue weighted by atomic mass is 10.1. The number of benzene rings is 1. The van der Waals surface area contributed by atoms with E-state index in [2.05, 4.69) is 27.9 Å². The van der Waals surface area contributed by atoms with Crippen molar-refractivity contribution in [3.8, 4) is 0 Å². The van der Waals surface area contributed by atoms with Gasteiger partial charge in [0.25, 0.3) is 5.91 Å². The van der Waals surface area contributed by atoms with Crippen LogP contribution < -0.4 is 5.63 Å². The van der Waals surface area contributed by atoms with Crippen LogP contribution in [0, 0.1) is 0 Å². The minimum Gasteiger partial charge on any atom is -0.423 e. The Morgan fingerprint density at radius 1 is 1.14 bits per heavy atom. The maximum absolute atomic E-state index is 12.5. The summed E-state index contributed by atoms with van der Waals surface area (Å²) in [6.07, 6.45) is 5.47. The number of carbonyl (C=O) groups excluding carboxylic acids is 1. The molecule has 1 amide bonds. The van der Waals surface area contributed by atoms with Gasteiger partial charge in [0, 0.05) is 56.6 Å². The van der Waals surface area contributed by atoms with E-state index in [1.54, 1.807) is 17.2 Å². The van der Waals surface area contributed by atoms with E-state index in [-0.39, 0.29) is 11.5 Å². The van der Waals surface area contributed by atoms with Gasteiger partial charge >= 0.3 is 5.63 Å². The molecule has 1 fully saturated rings. The number of fused-ring (bicyclic) bond motifs is 1. The molecule has 1 aromatic carbocycles. The molecule has 3 heterocycles. The van der Waals surface area contributed by atoms with Crippen LogP contribution in [0.4, 0.5) is 0 Å². The van der Waals surface area contributed by atoms with E-state index in [4.69, 9.17) is 4.42 Å². The number of carbonyl (C=O) groups is 1. The Bertz CT molecular complexity index is 1040. The molecule has 1 aliphatic heterocycles. The molecule has 1 aliphatic rings. The molecule has 0 bridgehead atoms. The molecule has 0 radical (unpaired) electrons. The smallest absolute Gasteiger partial charge is 0.336 e. The van der Waals surface area contributed by atoms with Crippen molar-refractivity contribution in [3.63, 3.8) is 0 Å². The van der Waals surface area contributed by atoms with E-state index < -0.39 is 0 Å². The zero-order chi connectivity index (χ0) is 19.5. The minimum atomic E-state index is -0.327. The van der Waals surface area contributed by atoms with E-state index in [0.29, 0.717) is 30.9 Å². The van der Waals surface area contributed by atoms with Crippen molar-refractivity contribution in [2.75, 3.05) is 26.2 Å². The lowest BCUT2D eigenvalue weighted by Crippen LogP contribution is -2.48. The van der Waals surface area contributed by atoms with E-state index in [0.717, 1.165) is 36.0 Å². The minimum absolute atomic E-state index is 0.0920. The van der Waals surface area contributed by atoms with Crippen LogP contribution in [0.3, 0.4) is 0 Å². The van der Waals surface area contributed by atoms with Gasteiger partial charge in [-0.05, 0) is 23.6 Å². The second kappa shape index (κ2) is 7.90. The summed E-state index contributed by atoms with van der Waals surface area (Å²) in [4.78, 5) is 36.6. The standard InChI is InChI=1S/C21H22N4O3/c1-2-15-3-4-17-16(12-20(26)28-19(17)11-15)14-24-7-9-25(10-8-24)21(27)18-13-22-5-6-23-18/h3-6,11-13H,2,7-10,14H2,1H3. The maximum atomic E-state index is 12.5. The second-order valence-electron chi connectivity index (χ2n) is 6.93. The van der Waals surface area contributed by atoms with Gasteiger partial charge in [0.2, 0.25) is 0 Å². The molecule has 0 N–H and O–H groups in total. The zero-order valence-corrected chi connectivity index (χ0v) is 15.8. The molecule has 28 heavy (non-hydrogen) atoms. The molecule has 144 valence electrons. The first kappa shape index (κ1) is 18.3. The van der Waals surface area contributed by atoms with Gasteiger partial charge in [0.05, 0.1) is 6.20 Å². The zero-order valence-electron chi connectivity index (χ0n) is 15.8. The van der Waals surface area contributed by atoms with Crippen molar-refractivity contribution in [1.82, 2.24) is 19.8 Å². The molecule has 0 atom stereocenters. The molecule has 7 heteroatoms. The predicted molar refractivity (Wildman–Crippen MR) is 105 cm³/mol. The van der Waals surface area contributed by atoms with Crippen LogP contribution in [0.5, 0.6) is 0 Å². The Balaban J connectivity index is 1.46. The molecule has 1 saturated heterocycles. The molecule has 0 unspecified atom stereocenters. The monoisotopic (exact) mass is 378 g/mol. The molecular formula is C21H22N4O3. The van der Waals surface area contributed by atoms with E-state index in [9.17, 15) is 9.59 Å². The van der Waals surface area contributed by atoms with Gasteiger partial charge in [-0.25, -0.2) is 9.78 Å². The van der Waals surface area contributed by atoms with Gasteiger partial charge in [0.1, 0.15) is 11.3 Å². The van der Waals surface area contributed by atoms with Crippen LogP contribution in [0.2, 0.25) is 0 Å². The third kappa shape index (κ3) is 3.80. The molecule has 0 spiro atoms. The largest absolute Gasteiger partial charge is 0.423 e. The number of aryl methyl sites for hydroxylation is 1. The Morgan fingerprint density at radius 2 is 1.96 bits per heavy atom. The predicted octanol–water partition coefficient (Wildman–Crippen LogP) is 2.10. The van der Waals surface area contributed by atoms with Crippen molar-refractivity contribution in [1.29, 1.82) is 0 Å².